The predicted molar refractivity (Wildman–Crippen MR) is 73.2 cm³/mol. The van der Waals surface area contributed by atoms with Crippen molar-refractivity contribution in [2.24, 2.45) is 0 Å². The molecule has 1 unspecified atom stereocenters. The van der Waals surface area contributed by atoms with Crippen molar-refractivity contribution in [2.45, 2.75) is 18.7 Å². The number of ether oxygens (including phenoxy) is 1. The lowest BCUT2D eigenvalue weighted by Gasteiger charge is -2.32. The third-order valence-corrected chi connectivity index (χ3v) is 3.38. The first-order valence-electron chi connectivity index (χ1n) is 6.30. The molecule has 0 bridgehead atoms. The molecule has 2 aromatic carbocycles. The summed E-state index contributed by atoms with van der Waals surface area (Å²) in [6.07, 6.45) is -4.88. The summed E-state index contributed by atoms with van der Waals surface area (Å²) in [4.78, 5) is 0. The Morgan fingerprint density at radius 1 is 0.952 bits per heavy atom. The number of halogens is 3. The van der Waals surface area contributed by atoms with Gasteiger partial charge in [0.1, 0.15) is 5.75 Å². The molecule has 2 nitrogen and oxygen atoms in total. The van der Waals surface area contributed by atoms with Gasteiger partial charge in [-0.2, -0.15) is 13.2 Å². The molecule has 0 fully saturated rings. The van der Waals surface area contributed by atoms with Crippen LogP contribution in [0.15, 0.2) is 48.5 Å². The van der Waals surface area contributed by atoms with Gasteiger partial charge in [-0.3, -0.25) is 0 Å². The van der Waals surface area contributed by atoms with Crippen LogP contribution in [0.3, 0.4) is 0 Å². The topological polar surface area (TPSA) is 29.5 Å². The number of benzene rings is 2. The highest BCUT2D eigenvalue weighted by Gasteiger charge is 2.57. The van der Waals surface area contributed by atoms with Crippen LogP contribution >= 0.6 is 0 Å². The van der Waals surface area contributed by atoms with Gasteiger partial charge in [0.2, 0.25) is 5.60 Å². The second kappa shape index (κ2) is 5.41. The van der Waals surface area contributed by atoms with Gasteiger partial charge in [-0.1, -0.05) is 48.0 Å². The van der Waals surface area contributed by atoms with E-state index in [9.17, 15) is 18.3 Å². The van der Waals surface area contributed by atoms with Crippen molar-refractivity contribution in [1.29, 1.82) is 0 Å². The minimum atomic E-state index is -4.88. The van der Waals surface area contributed by atoms with Crippen LogP contribution < -0.4 is 4.74 Å². The number of alkyl halides is 3. The van der Waals surface area contributed by atoms with E-state index in [-0.39, 0.29) is 16.9 Å². The third-order valence-electron chi connectivity index (χ3n) is 3.38. The lowest BCUT2D eigenvalue weighted by atomic mass is 9.84. The molecule has 2 rings (SSSR count). The predicted octanol–water partition coefficient (Wildman–Crippen LogP) is 3.80. The maximum atomic E-state index is 13.6. The summed E-state index contributed by atoms with van der Waals surface area (Å²) in [5.41, 5.74) is -2.88. The molecule has 0 amide bonds. The Kier molecular flexibility index (Phi) is 3.96. The molecule has 0 aromatic heterocycles. The van der Waals surface area contributed by atoms with Crippen molar-refractivity contribution in [3.63, 3.8) is 0 Å². The second-order valence-electron chi connectivity index (χ2n) is 4.77. The Hall–Kier alpha value is -2.01. The lowest BCUT2D eigenvalue weighted by molar-refractivity contribution is -0.248. The summed E-state index contributed by atoms with van der Waals surface area (Å²) in [6.45, 7) is 1.76. The largest absolute Gasteiger partial charge is 0.496 e. The summed E-state index contributed by atoms with van der Waals surface area (Å²) in [6, 6.07) is 11.2. The van der Waals surface area contributed by atoms with Crippen LogP contribution in [-0.4, -0.2) is 18.4 Å². The van der Waals surface area contributed by atoms with Crippen LogP contribution in [0.4, 0.5) is 13.2 Å². The first kappa shape index (κ1) is 15.4. The van der Waals surface area contributed by atoms with E-state index >= 15 is 0 Å². The Bertz CT molecular complexity index is 620. The van der Waals surface area contributed by atoms with E-state index in [4.69, 9.17) is 4.74 Å². The van der Waals surface area contributed by atoms with Crippen molar-refractivity contribution < 1.29 is 23.0 Å². The molecule has 0 aliphatic carbocycles. The normalized spacial score (nSPS) is 14.6. The number of hydrogen-bond acceptors (Lipinski definition) is 2. The zero-order valence-electron chi connectivity index (χ0n) is 11.6. The minimum absolute atomic E-state index is 0.0158. The summed E-state index contributed by atoms with van der Waals surface area (Å²) in [5, 5.41) is 10.5. The second-order valence-corrected chi connectivity index (χ2v) is 4.77. The van der Waals surface area contributed by atoms with Gasteiger partial charge in [0.25, 0.3) is 0 Å². The fourth-order valence-electron chi connectivity index (χ4n) is 2.21. The molecule has 0 saturated heterocycles. The van der Waals surface area contributed by atoms with Crippen molar-refractivity contribution in [2.75, 3.05) is 7.11 Å². The van der Waals surface area contributed by atoms with Crippen LogP contribution in [0.25, 0.3) is 0 Å². The molecule has 21 heavy (non-hydrogen) atoms. The van der Waals surface area contributed by atoms with Gasteiger partial charge in [-0.05, 0) is 18.6 Å². The molecule has 5 heteroatoms. The maximum Gasteiger partial charge on any atom is 0.425 e. The fourth-order valence-corrected chi connectivity index (χ4v) is 2.21. The van der Waals surface area contributed by atoms with Crippen LogP contribution in [0, 0.1) is 6.92 Å². The van der Waals surface area contributed by atoms with Crippen molar-refractivity contribution in [3.05, 3.63) is 65.2 Å². The van der Waals surface area contributed by atoms with Gasteiger partial charge in [-0.15, -0.1) is 0 Å². The number of rotatable bonds is 3. The van der Waals surface area contributed by atoms with Crippen molar-refractivity contribution >= 4 is 0 Å². The van der Waals surface area contributed by atoms with Gasteiger partial charge in [0.05, 0.1) is 7.11 Å². The van der Waals surface area contributed by atoms with E-state index in [1.807, 2.05) is 0 Å². The molecule has 0 aliphatic rings. The van der Waals surface area contributed by atoms with Gasteiger partial charge >= 0.3 is 6.18 Å². The van der Waals surface area contributed by atoms with E-state index in [1.54, 1.807) is 13.0 Å². The molecular weight excluding hydrogens is 281 g/mol. The highest BCUT2D eigenvalue weighted by Crippen LogP contribution is 2.47. The molecule has 0 spiro atoms. The van der Waals surface area contributed by atoms with Crippen LogP contribution in [-0.2, 0) is 5.60 Å². The highest BCUT2D eigenvalue weighted by atomic mass is 19.4. The summed E-state index contributed by atoms with van der Waals surface area (Å²) >= 11 is 0. The molecule has 0 heterocycles. The van der Waals surface area contributed by atoms with E-state index < -0.39 is 11.8 Å². The summed E-state index contributed by atoms with van der Waals surface area (Å²) < 4.78 is 45.7. The van der Waals surface area contributed by atoms with Gasteiger partial charge in [0, 0.05) is 5.56 Å². The Morgan fingerprint density at radius 3 is 2.05 bits per heavy atom. The molecule has 0 saturated carbocycles. The summed E-state index contributed by atoms with van der Waals surface area (Å²) in [7, 11) is 1.27. The number of hydrogen-bond donors (Lipinski definition) is 1. The first-order chi connectivity index (χ1) is 9.80. The maximum absolute atomic E-state index is 13.6. The first-order valence-corrected chi connectivity index (χ1v) is 6.30. The SMILES string of the molecule is COc1ccccc1C(O)(c1ccc(C)cc1)C(F)(F)F. The van der Waals surface area contributed by atoms with Crippen molar-refractivity contribution in [3.8, 4) is 5.75 Å². The van der Waals surface area contributed by atoms with Crippen molar-refractivity contribution in [1.82, 2.24) is 0 Å². The summed E-state index contributed by atoms with van der Waals surface area (Å²) in [5.74, 6) is -0.0158. The molecule has 112 valence electrons. The lowest BCUT2D eigenvalue weighted by Crippen LogP contribution is -2.43. The molecule has 0 radical (unpaired) electrons. The molecule has 0 aliphatic heterocycles. The van der Waals surface area contributed by atoms with E-state index in [1.165, 1.54) is 49.6 Å². The Morgan fingerprint density at radius 2 is 1.52 bits per heavy atom. The quantitative estimate of drug-likeness (QED) is 0.933. The van der Waals surface area contributed by atoms with E-state index in [2.05, 4.69) is 0 Å². The van der Waals surface area contributed by atoms with Gasteiger partial charge < -0.3 is 9.84 Å². The average molecular weight is 296 g/mol. The number of aliphatic hydroxyl groups is 1. The standard InChI is InChI=1S/C16H15F3O2/c1-11-7-9-12(10-8-11)15(20,16(17,18)19)13-5-3-4-6-14(13)21-2/h3-10,20H,1-2H3. The van der Waals surface area contributed by atoms with E-state index in [0.29, 0.717) is 0 Å². The number of para-hydroxylation sites is 1. The van der Waals surface area contributed by atoms with Gasteiger partial charge in [0.15, 0.2) is 0 Å². The minimum Gasteiger partial charge on any atom is -0.496 e. The van der Waals surface area contributed by atoms with Gasteiger partial charge in [-0.25, -0.2) is 0 Å². The van der Waals surface area contributed by atoms with E-state index in [0.717, 1.165) is 5.56 Å². The fraction of sp³-hybridized carbons (Fsp3) is 0.250. The third kappa shape index (κ3) is 2.61. The monoisotopic (exact) mass is 296 g/mol. The highest BCUT2D eigenvalue weighted by molar-refractivity contribution is 5.46. The van der Waals surface area contributed by atoms with Crippen LogP contribution in [0.1, 0.15) is 16.7 Å². The van der Waals surface area contributed by atoms with Crippen LogP contribution in [0.5, 0.6) is 5.75 Å². The number of methoxy groups -OCH3 is 1. The molecule has 1 N–H and O–H groups in total. The Labute approximate surface area is 120 Å². The number of aryl methyl sites for hydroxylation is 1. The zero-order valence-corrected chi connectivity index (χ0v) is 11.6. The molecule has 1 atom stereocenters. The average Bonchev–Trinajstić information content (AvgIpc) is 2.46. The molecular formula is C16H15F3O2. The van der Waals surface area contributed by atoms with Crippen LogP contribution in [0.2, 0.25) is 0 Å². The Balaban J connectivity index is 2.71. The smallest absolute Gasteiger partial charge is 0.425 e. The molecule has 2 aromatic rings. The zero-order chi connectivity index (χ0) is 15.7.